The molecule has 0 aromatic carbocycles. The zero-order chi connectivity index (χ0) is 15.6. The molecule has 0 unspecified atom stereocenters. The van der Waals surface area contributed by atoms with Crippen molar-refractivity contribution in [1.29, 1.82) is 0 Å². The summed E-state index contributed by atoms with van der Waals surface area (Å²) in [4.78, 5) is 7.38. The number of hydrogen-bond donors (Lipinski definition) is 2. The second kappa shape index (κ2) is 12.6. The minimum absolute atomic E-state index is 0. The standard InChI is InChI=1S/C17H34N4S.HI/c1-3-18-17(19-10-4-5-13-22-2)20-11-12-21(16-8-9-16)14-15-6-7-15;/h15-16H,3-14H2,1-2H3,(H2,18,19,20);1H. The molecular formula is C17H35IN4S. The fourth-order valence-electron chi connectivity index (χ4n) is 2.70. The van der Waals surface area contributed by atoms with Crippen molar-refractivity contribution in [2.75, 3.05) is 44.7 Å². The van der Waals surface area contributed by atoms with E-state index in [4.69, 9.17) is 0 Å². The molecule has 0 aliphatic heterocycles. The number of halogens is 1. The van der Waals surface area contributed by atoms with Crippen LogP contribution in [0.1, 0.15) is 45.4 Å². The quantitative estimate of drug-likeness (QED) is 0.206. The molecule has 0 amide bonds. The van der Waals surface area contributed by atoms with Gasteiger partial charge in [0.05, 0.1) is 0 Å². The summed E-state index contributed by atoms with van der Waals surface area (Å²) in [5.41, 5.74) is 0. The van der Waals surface area contributed by atoms with Gasteiger partial charge in [0.2, 0.25) is 0 Å². The third kappa shape index (κ3) is 10.0. The van der Waals surface area contributed by atoms with E-state index in [9.17, 15) is 0 Å². The van der Waals surface area contributed by atoms with E-state index in [1.807, 2.05) is 11.8 Å². The molecule has 2 aliphatic rings. The zero-order valence-electron chi connectivity index (χ0n) is 14.9. The molecule has 0 aromatic rings. The van der Waals surface area contributed by atoms with Crippen LogP contribution in [-0.2, 0) is 0 Å². The van der Waals surface area contributed by atoms with Gasteiger partial charge in [-0.15, -0.1) is 24.0 Å². The summed E-state index contributed by atoms with van der Waals surface area (Å²) in [6.45, 7) is 7.51. The van der Waals surface area contributed by atoms with Crippen LogP contribution in [0, 0.1) is 5.92 Å². The van der Waals surface area contributed by atoms with Crippen molar-refractivity contribution in [3.05, 3.63) is 0 Å². The van der Waals surface area contributed by atoms with Gasteiger partial charge in [0, 0.05) is 38.8 Å². The molecule has 0 saturated heterocycles. The highest BCUT2D eigenvalue weighted by Crippen LogP contribution is 2.34. The van der Waals surface area contributed by atoms with Crippen LogP contribution in [0.3, 0.4) is 0 Å². The summed E-state index contributed by atoms with van der Waals surface area (Å²) in [5.74, 6) is 3.24. The molecule has 0 radical (unpaired) electrons. The molecule has 0 aromatic heterocycles. The van der Waals surface area contributed by atoms with E-state index < -0.39 is 0 Å². The molecule has 4 nitrogen and oxygen atoms in total. The van der Waals surface area contributed by atoms with Gasteiger partial charge in [-0.05, 0) is 63.4 Å². The molecule has 0 atom stereocenters. The van der Waals surface area contributed by atoms with E-state index in [1.54, 1.807) is 0 Å². The Morgan fingerprint density at radius 2 is 1.96 bits per heavy atom. The first-order valence-corrected chi connectivity index (χ1v) is 10.5. The van der Waals surface area contributed by atoms with Crippen molar-refractivity contribution >= 4 is 41.7 Å². The Morgan fingerprint density at radius 1 is 1.17 bits per heavy atom. The van der Waals surface area contributed by atoms with Crippen LogP contribution in [-0.4, -0.2) is 61.6 Å². The van der Waals surface area contributed by atoms with Gasteiger partial charge in [0.15, 0.2) is 5.96 Å². The first-order chi connectivity index (χ1) is 10.8. The zero-order valence-corrected chi connectivity index (χ0v) is 18.0. The van der Waals surface area contributed by atoms with Crippen molar-refractivity contribution in [1.82, 2.24) is 15.5 Å². The fourth-order valence-corrected chi connectivity index (χ4v) is 3.20. The number of aliphatic imine (C=N–C) groups is 1. The van der Waals surface area contributed by atoms with Crippen molar-refractivity contribution in [3.63, 3.8) is 0 Å². The molecule has 2 rings (SSSR count). The monoisotopic (exact) mass is 454 g/mol. The maximum Gasteiger partial charge on any atom is 0.191 e. The van der Waals surface area contributed by atoms with E-state index >= 15 is 0 Å². The molecule has 23 heavy (non-hydrogen) atoms. The van der Waals surface area contributed by atoms with Crippen LogP contribution < -0.4 is 10.6 Å². The van der Waals surface area contributed by atoms with Gasteiger partial charge in [-0.2, -0.15) is 11.8 Å². The first-order valence-electron chi connectivity index (χ1n) is 9.08. The third-order valence-electron chi connectivity index (χ3n) is 4.32. The van der Waals surface area contributed by atoms with Gasteiger partial charge >= 0.3 is 0 Å². The number of nitrogens with one attached hydrogen (secondary N) is 2. The van der Waals surface area contributed by atoms with Crippen LogP contribution in [0.5, 0.6) is 0 Å². The average Bonchev–Trinajstić information content (AvgIpc) is 3.38. The molecular weight excluding hydrogens is 419 g/mol. The first kappa shape index (κ1) is 21.4. The summed E-state index contributed by atoms with van der Waals surface area (Å²) in [6.07, 6.45) is 10.4. The fraction of sp³-hybridized carbons (Fsp3) is 0.941. The largest absolute Gasteiger partial charge is 0.357 e. The van der Waals surface area contributed by atoms with Gasteiger partial charge in [0.25, 0.3) is 0 Å². The predicted molar refractivity (Wildman–Crippen MR) is 114 cm³/mol. The van der Waals surface area contributed by atoms with Gasteiger partial charge in [-0.1, -0.05) is 0 Å². The number of rotatable bonds is 12. The summed E-state index contributed by atoms with van der Waals surface area (Å²) in [6, 6.07) is 0.883. The maximum absolute atomic E-state index is 4.68. The second-order valence-corrected chi connectivity index (χ2v) is 7.54. The van der Waals surface area contributed by atoms with Crippen molar-refractivity contribution < 1.29 is 0 Å². The highest BCUT2D eigenvalue weighted by Gasteiger charge is 2.33. The van der Waals surface area contributed by atoms with Crippen LogP contribution in [0.15, 0.2) is 4.99 Å². The molecule has 0 bridgehead atoms. The average molecular weight is 454 g/mol. The van der Waals surface area contributed by atoms with E-state index in [2.05, 4.69) is 33.7 Å². The number of hydrogen-bond acceptors (Lipinski definition) is 3. The lowest BCUT2D eigenvalue weighted by molar-refractivity contribution is 0.256. The molecule has 6 heteroatoms. The van der Waals surface area contributed by atoms with E-state index in [-0.39, 0.29) is 24.0 Å². The Morgan fingerprint density at radius 3 is 2.57 bits per heavy atom. The van der Waals surface area contributed by atoms with E-state index in [1.165, 1.54) is 50.8 Å². The Bertz CT molecular complexity index is 333. The van der Waals surface area contributed by atoms with Gasteiger partial charge in [0.1, 0.15) is 0 Å². The van der Waals surface area contributed by atoms with Crippen molar-refractivity contribution in [2.24, 2.45) is 10.9 Å². The Kier molecular flexibility index (Phi) is 11.7. The van der Waals surface area contributed by atoms with Gasteiger partial charge < -0.3 is 10.6 Å². The van der Waals surface area contributed by atoms with Gasteiger partial charge in [-0.25, -0.2) is 0 Å². The van der Waals surface area contributed by atoms with Crippen LogP contribution in [0.4, 0.5) is 0 Å². The maximum atomic E-state index is 4.68. The molecule has 2 fully saturated rings. The third-order valence-corrected chi connectivity index (χ3v) is 5.01. The van der Waals surface area contributed by atoms with Crippen LogP contribution >= 0.6 is 35.7 Å². The number of guanidine groups is 1. The second-order valence-electron chi connectivity index (χ2n) is 6.56. The minimum atomic E-state index is 0. The normalized spacial score (nSPS) is 18.0. The Labute approximate surface area is 164 Å². The Hall–Kier alpha value is 0.310. The molecule has 0 spiro atoms. The highest BCUT2D eigenvalue weighted by atomic mass is 127. The van der Waals surface area contributed by atoms with Crippen molar-refractivity contribution in [3.8, 4) is 0 Å². The number of unbranched alkanes of at least 4 members (excludes halogenated alkanes) is 1. The number of thioether (sulfide) groups is 1. The SMILES string of the molecule is CCNC(=NCCCCSC)NCCN(CC1CC1)C1CC1.I. The predicted octanol–water partition coefficient (Wildman–Crippen LogP) is 3.18. The van der Waals surface area contributed by atoms with Crippen molar-refractivity contribution in [2.45, 2.75) is 51.5 Å². The van der Waals surface area contributed by atoms with Crippen LogP contribution in [0.25, 0.3) is 0 Å². The highest BCUT2D eigenvalue weighted by molar-refractivity contribution is 14.0. The molecule has 0 heterocycles. The summed E-state index contributed by atoms with van der Waals surface area (Å²) < 4.78 is 0. The molecule has 2 aliphatic carbocycles. The lowest BCUT2D eigenvalue weighted by atomic mass is 10.3. The molecule has 2 saturated carbocycles. The molecule has 2 N–H and O–H groups in total. The number of nitrogens with zero attached hydrogens (tertiary/aromatic N) is 2. The van der Waals surface area contributed by atoms with Crippen LogP contribution in [0.2, 0.25) is 0 Å². The Balaban J connectivity index is 0.00000264. The summed E-state index contributed by atoms with van der Waals surface area (Å²) >= 11 is 1.92. The van der Waals surface area contributed by atoms with Gasteiger partial charge in [-0.3, -0.25) is 9.89 Å². The van der Waals surface area contributed by atoms with E-state index in [0.29, 0.717) is 0 Å². The lowest BCUT2D eigenvalue weighted by Gasteiger charge is -2.22. The lowest BCUT2D eigenvalue weighted by Crippen LogP contribution is -2.42. The minimum Gasteiger partial charge on any atom is -0.357 e. The molecule has 136 valence electrons. The smallest absolute Gasteiger partial charge is 0.191 e. The summed E-state index contributed by atoms with van der Waals surface area (Å²) in [5, 5.41) is 6.87. The topological polar surface area (TPSA) is 39.7 Å². The van der Waals surface area contributed by atoms with E-state index in [0.717, 1.165) is 44.1 Å². The summed E-state index contributed by atoms with van der Waals surface area (Å²) in [7, 11) is 0.